The molecule has 0 atom stereocenters. The molecule has 2 heterocycles. The van der Waals surface area contributed by atoms with Crippen molar-refractivity contribution >= 4 is 11.6 Å². The van der Waals surface area contributed by atoms with Crippen LogP contribution in [-0.2, 0) is 0 Å². The summed E-state index contributed by atoms with van der Waals surface area (Å²) in [4.78, 5) is 14.6. The van der Waals surface area contributed by atoms with Gasteiger partial charge in [0.05, 0.1) is 0 Å². The molecule has 19 heavy (non-hydrogen) atoms. The van der Waals surface area contributed by atoms with Crippen LogP contribution in [0.4, 0.5) is 5.82 Å². The van der Waals surface area contributed by atoms with Crippen LogP contribution in [0.2, 0.25) is 0 Å². The Morgan fingerprint density at radius 1 is 1.16 bits per heavy atom. The zero-order valence-corrected chi connectivity index (χ0v) is 10.9. The van der Waals surface area contributed by atoms with Gasteiger partial charge < -0.3 is 4.90 Å². The summed E-state index contributed by atoms with van der Waals surface area (Å²) >= 11 is 0. The van der Waals surface area contributed by atoms with E-state index in [0.29, 0.717) is 17.1 Å². The minimum absolute atomic E-state index is 0.0735. The number of anilines is 1. The van der Waals surface area contributed by atoms with E-state index < -0.39 is 0 Å². The second-order valence-corrected chi connectivity index (χ2v) is 4.89. The summed E-state index contributed by atoms with van der Waals surface area (Å²) in [5.74, 6) is 0.610. The van der Waals surface area contributed by atoms with Crippen molar-refractivity contribution in [2.24, 2.45) is 0 Å². The first-order valence-corrected chi connectivity index (χ1v) is 6.53. The van der Waals surface area contributed by atoms with Gasteiger partial charge in [-0.25, -0.2) is 0 Å². The summed E-state index contributed by atoms with van der Waals surface area (Å²) in [5.41, 5.74) is 2.21. The molecule has 5 heteroatoms. The molecule has 0 spiro atoms. The Balaban J connectivity index is 1.91. The van der Waals surface area contributed by atoms with Gasteiger partial charge in [0, 0.05) is 18.7 Å². The minimum atomic E-state index is -0.0735. The largest absolute Gasteiger partial charge is 0.353 e. The third kappa shape index (κ3) is 2.23. The van der Waals surface area contributed by atoms with Crippen molar-refractivity contribution in [1.82, 2.24) is 15.4 Å². The molecule has 0 saturated carbocycles. The molecule has 1 fully saturated rings. The number of aromatic amines is 1. The second-order valence-electron chi connectivity index (χ2n) is 4.89. The molecule has 1 aliphatic heterocycles. The Labute approximate surface area is 111 Å². The van der Waals surface area contributed by atoms with E-state index in [0.717, 1.165) is 31.5 Å². The van der Waals surface area contributed by atoms with Crippen LogP contribution in [0.3, 0.4) is 0 Å². The fraction of sp³-hybridized carbons (Fsp3) is 0.357. The number of ketones is 1. The van der Waals surface area contributed by atoms with Crippen LogP contribution >= 0.6 is 0 Å². The lowest BCUT2D eigenvalue weighted by atomic mass is 10.1. The molecule has 0 unspecified atom stereocenters. The highest BCUT2D eigenvalue weighted by molar-refractivity contribution is 6.10. The number of carbonyl (C=O) groups is 1. The summed E-state index contributed by atoms with van der Waals surface area (Å²) in [5, 5.41) is 10.7. The maximum Gasteiger partial charge on any atom is 0.217 e. The lowest BCUT2D eigenvalue weighted by Gasteiger charge is -2.14. The number of aromatic nitrogens is 3. The van der Waals surface area contributed by atoms with Crippen molar-refractivity contribution in [3.05, 3.63) is 41.1 Å². The van der Waals surface area contributed by atoms with E-state index in [1.165, 1.54) is 0 Å². The van der Waals surface area contributed by atoms with Gasteiger partial charge in [0.1, 0.15) is 0 Å². The highest BCUT2D eigenvalue weighted by Gasteiger charge is 2.24. The number of H-pyrrole nitrogens is 1. The number of nitrogens with zero attached hydrogens (tertiary/aromatic N) is 3. The van der Waals surface area contributed by atoms with E-state index in [4.69, 9.17) is 0 Å². The summed E-state index contributed by atoms with van der Waals surface area (Å²) in [7, 11) is 0. The monoisotopic (exact) mass is 256 g/mol. The van der Waals surface area contributed by atoms with Crippen LogP contribution in [0.15, 0.2) is 24.3 Å². The van der Waals surface area contributed by atoms with Crippen LogP contribution in [0, 0.1) is 6.92 Å². The SMILES string of the molecule is Cc1ccc(C(=O)c2n[nH]nc2N2CCCC2)cc1. The van der Waals surface area contributed by atoms with Crippen LogP contribution in [0.25, 0.3) is 0 Å². The number of aryl methyl sites for hydroxylation is 1. The molecule has 2 aromatic rings. The maximum atomic E-state index is 12.4. The Bertz CT molecular complexity index is 582. The van der Waals surface area contributed by atoms with Gasteiger partial charge in [-0.15, -0.1) is 5.10 Å². The first-order chi connectivity index (χ1) is 9.25. The molecule has 1 saturated heterocycles. The van der Waals surface area contributed by atoms with E-state index in [1.54, 1.807) is 0 Å². The lowest BCUT2D eigenvalue weighted by Crippen LogP contribution is -2.21. The molecule has 3 rings (SSSR count). The Hall–Kier alpha value is -2.17. The van der Waals surface area contributed by atoms with Crippen LogP contribution in [0.1, 0.15) is 34.5 Å². The third-order valence-electron chi connectivity index (χ3n) is 3.46. The first kappa shape index (κ1) is 11.9. The maximum absolute atomic E-state index is 12.4. The summed E-state index contributed by atoms with van der Waals surface area (Å²) < 4.78 is 0. The number of hydrogen-bond donors (Lipinski definition) is 1. The minimum Gasteiger partial charge on any atom is -0.353 e. The van der Waals surface area contributed by atoms with E-state index in [9.17, 15) is 4.79 Å². The standard InChI is InChI=1S/C14H16N4O/c1-10-4-6-11(7-5-10)13(19)12-14(16-17-15-12)18-8-2-3-9-18/h4-7H,2-3,8-9H2,1H3,(H,15,16,17). The summed E-state index contributed by atoms with van der Waals surface area (Å²) in [6, 6.07) is 7.53. The fourth-order valence-corrected chi connectivity index (χ4v) is 2.37. The van der Waals surface area contributed by atoms with Crippen molar-refractivity contribution in [2.45, 2.75) is 19.8 Å². The molecule has 0 radical (unpaired) electrons. The number of benzene rings is 1. The van der Waals surface area contributed by atoms with E-state index in [-0.39, 0.29) is 5.78 Å². The average Bonchev–Trinajstić information content (AvgIpc) is 3.09. The number of hydrogen-bond acceptors (Lipinski definition) is 4. The molecule has 1 aromatic carbocycles. The zero-order valence-electron chi connectivity index (χ0n) is 10.9. The normalized spacial score (nSPS) is 14.9. The molecule has 1 aliphatic rings. The van der Waals surface area contributed by atoms with Crippen molar-refractivity contribution in [3.8, 4) is 0 Å². The van der Waals surface area contributed by atoms with Crippen LogP contribution in [-0.4, -0.2) is 34.3 Å². The number of carbonyl (C=O) groups excluding carboxylic acids is 1. The van der Waals surface area contributed by atoms with Gasteiger partial charge in [-0.2, -0.15) is 10.3 Å². The smallest absolute Gasteiger partial charge is 0.217 e. The Kier molecular flexibility index (Phi) is 3.03. The molecule has 0 bridgehead atoms. The van der Waals surface area contributed by atoms with E-state index in [1.807, 2.05) is 31.2 Å². The van der Waals surface area contributed by atoms with Gasteiger partial charge in [0.25, 0.3) is 0 Å². The number of rotatable bonds is 3. The lowest BCUT2D eigenvalue weighted by molar-refractivity contribution is 0.103. The van der Waals surface area contributed by atoms with Crippen molar-refractivity contribution in [2.75, 3.05) is 18.0 Å². The van der Waals surface area contributed by atoms with Gasteiger partial charge in [0.15, 0.2) is 11.5 Å². The number of nitrogens with one attached hydrogen (secondary N) is 1. The molecule has 1 N–H and O–H groups in total. The molecule has 0 aliphatic carbocycles. The van der Waals surface area contributed by atoms with Crippen molar-refractivity contribution in [3.63, 3.8) is 0 Å². The average molecular weight is 256 g/mol. The Morgan fingerprint density at radius 2 is 1.84 bits per heavy atom. The van der Waals surface area contributed by atoms with Gasteiger partial charge in [-0.05, 0) is 19.8 Å². The predicted molar refractivity (Wildman–Crippen MR) is 72.4 cm³/mol. The van der Waals surface area contributed by atoms with Crippen molar-refractivity contribution < 1.29 is 4.79 Å². The molecule has 1 aromatic heterocycles. The quantitative estimate of drug-likeness (QED) is 0.852. The molecular weight excluding hydrogens is 240 g/mol. The Morgan fingerprint density at radius 3 is 2.53 bits per heavy atom. The predicted octanol–water partition coefficient (Wildman–Crippen LogP) is 1.94. The van der Waals surface area contributed by atoms with E-state index in [2.05, 4.69) is 20.3 Å². The van der Waals surface area contributed by atoms with Gasteiger partial charge in [0.2, 0.25) is 5.78 Å². The van der Waals surface area contributed by atoms with Gasteiger partial charge in [-0.1, -0.05) is 29.8 Å². The van der Waals surface area contributed by atoms with Gasteiger partial charge >= 0.3 is 0 Å². The highest BCUT2D eigenvalue weighted by atomic mass is 16.1. The second kappa shape index (κ2) is 4.84. The molecular formula is C14H16N4O. The fourth-order valence-electron chi connectivity index (χ4n) is 2.37. The molecule has 98 valence electrons. The topological polar surface area (TPSA) is 61.9 Å². The summed E-state index contributed by atoms with van der Waals surface area (Å²) in [6.07, 6.45) is 2.29. The van der Waals surface area contributed by atoms with Crippen LogP contribution < -0.4 is 4.90 Å². The van der Waals surface area contributed by atoms with E-state index >= 15 is 0 Å². The van der Waals surface area contributed by atoms with Gasteiger partial charge in [-0.3, -0.25) is 4.79 Å². The summed E-state index contributed by atoms with van der Waals surface area (Å²) in [6.45, 7) is 3.89. The highest BCUT2D eigenvalue weighted by Crippen LogP contribution is 2.22. The molecule has 5 nitrogen and oxygen atoms in total. The first-order valence-electron chi connectivity index (χ1n) is 6.53. The zero-order chi connectivity index (χ0) is 13.2. The van der Waals surface area contributed by atoms with Crippen molar-refractivity contribution in [1.29, 1.82) is 0 Å². The molecule has 0 amide bonds. The third-order valence-corrected chi connectivity index (χ3v) is 3.46. The van der Waals surface area contributed by atoms with Crippen LogP contribution in [0.5, 0.6) is 0 Å².